The third-order valence-electron chi connectivity index (χ3n) is 2.30. The molecule has 0 spiro atoms. The van der Waals surface area contributed by atoms with Gasteiger partial charge in [-0.3, -0.25) is 0 Å². The number of thiol groups is 1. The highest BCUT2D eigenvalue weighted by Crippen LogP contribution is 2.30. The molecule has 0 aliphatic rings. The van der Waals surface area contributed by atoms with Gasteiger partial charge < -0.3 is 4.74 Å². The topological polar surface area (TPSA) is 9.23 Å². The summed E-state index contributed by atoms with van der Waals surface area (Å²) in [4.78, 5) is 0. The normalized spacial score (nSPS) is 12.6. The third kappa shape index (κ3) is 2.82. The summed E-state index contributed by atoms with van der Waals surface area (Å²) < 4.78 is 5.09. The third-order valence-corrected chi connectivity index (χ3v) is 2.89. The van der Waals surface area contributed by atoms with Gasteiger partial charge >= 0.3 is 0 Å². The van der Waals surface area contributed by atoms with Crippen LogP contribution in [0.3, 0.4) is 0 Å². The Hall–Kier alpha value is -0.340. The predicted molar refractivity (Wildman–Crippen MR) is 64.9 cm³/mol. The molecule has 1 nitrogen and oxygen atoms in total. The van der Waals surface area contributed by atoms with Crippen molar-refractivity contribution in [1.82, 2.24) is 0 Å². The molecule has 3 heteroatoms. The van der Waals surface area contributed by atoms with E-state index in [9.17, 15) is 0 Å². The summed E-state index contributed by atoms with van der Waals surface area (Å²) in [6.07, 6.45) is 1.04. The van der Waals surface area contributed by atoms with Crippen molar-refractivity contribution in [2.24, 2.45) is 0 Å². The summed E-state index contributed by atoms with van der Waals surface area (Å²) in [7, 11) is 1.64. The van der Waals surface area contributed by atoms with Crippen LogP contribution in [0.4, 0.5) is 0 Å². The molecule has 78 valence electrons. The molecule has 0 aliphatic heterocycles. The molecule has 1 rings (SSSR count). The fraction of sp³-hybridized carbons (Fsp3) is 0.455. The summed E-state index contributed by atoms with van der Waals surface area (Å²) in [6.45, 7) is 2.16. The molecule has 1 atom stereocenters. The number of rotatable bonds is 4. The lowest BCUT2D eigenvalue weighted by Crippen LogP contribution is -1.96. The molecule has 1 aromatic carbocycles. The summed E-state index contributed by atoms with van der Waals surface area (Å²) in [5.74, 6) is 2.13. The number of ether oxygens (including phenoxy) is 1. The van der Waals surface area contributed by atoms with E-state index in [-0.39, 0.29) is 0 Å². The fourth-order valence-corrected chi connectivity index (χ4v) is 2.13. The van der Waals surface area contributed by atoms with Gasteiger partial charge in [-0.1, -0.05) is 24.6 Å². The van der Waals surface area contributed by atoms with E-state index in [4.69, 9.17) is 16.3 Å². The Morgan fingerprint density at radius 1 is 1.50 bits per heavy atom. The highest BCUT2D eigenvalue weighted by molar-refractivity contribution is 7.80. The molecule has 0 saturated heterocycles. The standard InChI is InChI=1S/C11H15ClOS/c1-8(5-6-14)10-4-3-9(13-2)7-11(10)12/h3-4,7-8,14H,5-6H2,1-2H3. The fourth-order valence-electron chi connectivity index (χ4n) is 1.38. The molecule has 0 saturated carbocycles. The van der Waals surface area contributed by atoms with Crippen LogP contribution in [0, 0.1) is 0 Å². The van der Waals surface area contributed by atoms with E-state index in [1.54, 1.807) is 7.11 Å². The summed E-state index contributed by atoms with van der Waals surface area (Å²) >= 11 is 10.3. The lowest BCUT2D eigenvalue weighted by atomic mass is 9.98. The van der Waals surface area contributed by atoms with Crippen molar-refractivity contribution >= 4 is 24.2 Å². The molecule has 0 amide bonds. The van der Waals surface area contributed by atoms with E-state index >= 15 is 0 Å². The second-order valence-corrected chi connectivity index (χ2v) is 4.16. The first-order valence-corrected chi connectivity index (χ1v) is 5.64. The van der Waals surface area contributed by atoms with Crippen molar-refractivity contribution in [2.45, 2.75) is 19.3 Å². The minimum Gasteiger partial charge on any atom is -0.497 e. The van der Waals surface area contributed by atoms with Crippen molar-refractivity contribution in [3.63, 3.8) is 0 Å². The minimum absolute atomic E-state index is 0.450. The summed E-state index contributed by atoms with van der Waals surface area (Å²) in [5.41, 5.74) is 1.17. The van der Waals surface area contributed by atoms with Crippen molar-refractivity contribution in [1.29, 1.82) is 0 Å². The van der Waals surface area contributed by atoms with Crippen LogP contribution >= 0.6 is 24.2 Å². The molecule has 1 aromatic rings. The van der Waals surface area contributed by atoms with Crippen molar-refractivity contribution < 1.29 is 4.74 Å². The number of methoxy groups -OCH3 is 1. The highest BCUT2D eigenvalue weighted by atomic mass is 35.5. The predicted octanol–water partition coefficient (Wildman–Crippen LogP) is 3.77. The first-order valence-electron chi connectivity index (χ1n) is 4.63. The van der Waals surface area contributed by atoms with Gasteiger partial charge in [0.05, 0.1) is 7.11 Å². The Labute approximate surface area is 95.8 Å². The van der Waals surface area contributed by atoms with Gasteiger partial charge in [-0.25, -0.2) is 0 Å². The van der Waals surface area contributed by atoms with Gasteiger partial charge in [-0.15, -0.1) is 0 Å². The van der Waals surface area contributed by atoms with E-state index in [0.29, 0.717) is 5.92 Å². The van der Waals surface area contributed by atoms with Crippen molar-refractivity contribution in [3.05, 3.63) is 28.8 Å². The zero-order chi connectivity index (χ0) is 10.6. The molecule has 14 heavy (non-hydrogen) atoms. The maximum absolute atomic E-state index is 6.13. The molecule has 0 N–H and O–H groups in total. The summed E-state index contributed by atoms with van der Waals surface area (Å²) in [5, 5.41) is 0.777. The smallest absolute Gasteiger partial charge is 0.120 e. The Bertz CT molecular complexity index is 301. The minimum atomic E-state index is 0.450. The van der Waals surface area contributed by atoms with Crippen LogP contribution in [0.5, 0.6) is 5.75 Å². The molecular formula is C11H15ClOS. The molecule has 0 fully saturated rings. The quantitative estimate of drug-likeness (QED) is 0.775. The Balaban J connectivity index is 2.88. The molecule has 0 bridgehead atoms. The van der Waals surface area contributed by atoms with Crippen LogP contribution in [0.15, 0.2) is 18.2 Å². The first-order chi connectivity index (χ1) is 6.69. The van der Waals surface area contributed by atoms with Gasteiger partial charge in [0.2, 0.25) is 0 Å². The number of hydrogen-bond acceptors (Lipinski definition) is 2. The monoisotopic (exact) mass is 230 g/mol. The van der Waals surface area contributed by atoms with Crippen LogP contribution in [-0.4, -0.2) is 12.9 Å². The van der Waals surface area contributed by atoms with E-state index in [1.165, 1.54) is 5.56 Å². The van der Waals surface area contributed by atoms with E-state index in [1.807, 2.05) is 18.2 Å². The van der Waals surface area contributed by atoms with Gasteiger partial charge in [0.15, 0.2) is 0 Å². The average molecular weight is 231 g/mol. The lowest BCUT2D eigenvalue weighted by molar-refractivity contribution is 0.414. The molecule has 0 radical (unpaired) electrons. The zero-order valence-corrected chi connectivity index (χ0v) is 10.1. The first kappa shape index (κ1) is 11.7. The maximum atomic E-state index is 6.13. The van der Waals surface area contributed by atoms with Crippen LogP contribution in [0.2, 0.25) is 5.02 Å². The number of halogens is 1. The number of benzene rings is 1. The van der Waals surface area contributed by atoms with Gasteiger partial charge in [0, 0.05) is 5.02 Å². The summed E-state index contributed by atoms with van der Waals surface area (Å²) in [6, 6.07) is 5.82. The largest absolute Gasteiger partial charge is 0.497 e. The number of hydrogen-bond donors (Lipinski definition) is 1. The van der Waals surface area contributed by atoms with Crippen LogP contribution in [0.1, 0.15) is 24.8 Å². The molecular weight excluding hydrogens is 216 g/mol. The molecule has 0 heterocycles. The second-order valence-electron chi connectivity index (χ2n) is 3.30. The van der Waals surface area contributed by atoms with E-state index < -0.39 is 0 Å². The second kappa shape index (κ2) is 5.52. The molecule has 0 aromatic heterocycles. The van der Waals surface area contributed by atoms with Gasteiger partial charge in [0.1, 0.15) is 5.75 Å². The maximum Gasteiger partial charge on any atom is 0.120 e. The van der Waals surface area contributed by atoms with Crippen molar-refractivity contribution in [2.75, 3.05) is 12.9 Å². The van der Waals surface area contributed by atoms with Crippen LogP contribution in [0.25, 0.3) is 0 Å². The Morgan fingerprint density at radius 3 is 2.71 bits per heavy atom. The van der Waals surface area contributed by atoms with Crippen LogP contribution < -0.4 is 4.74 Å². The highest BCUT2D eigenvalue weighted by Gasteiger charge is 2.09. The van der Waals surface area contributed by atoms with E-state index in [0.717, 1.165) is 22.9 Å². The van der Waals surface area contributed by atoms with Gasteiger partial charge in [0.25, 0.3) is 0 Å². The molecule has 0 aliphatic carbocycles. The Morgan fingerprint density at radius 2 is 2.21 bits per heavy atom. The van der Waals surface area contributed by atoms with Crippen molar-refractivity contribution in [3.8, 4) is 5.75 Å². The van der Waals surface area contributed by atoms with E-state index in [2.05, 4.69) is 19.6 Å². The van der Waals surface area contributed by atoms with Crippen LogP contribution in [-0.2, 0) is 0 Å². The Kier molecular flexibility index (Phi) is 4.63. The van der Waals surface area contributed by atoms with Gasteiger partial charge in [-0.2, -0.15) is 12.6 Å². The molecule has 1 unspecified atom stereocenters. The average Bonchev–Trinajstić information content (AvgIpc) is 2.17. The van der Waals surface area contributed by atoms with Gasteiger partial charge in [-0.05, 0) is 35.8 Å². The SMILES string of the molecule is COc1ccc(C(C)CCS)c(Cl)c1. The lowest BCUT2D eigenvalue weighted by Gasteiger charge is -2.13. The zero-order valence-electron chi connectivity index (χ0n) is 8.46.